The van der Waals surface area contributed by atoms with E-state index in [-0.39, 0.29) is 11.5 Å². The SMILES string of the molecule is O=C(CS(=O)c1ccccc1Br)c1ccc(Cl)s1. The minimum Gasteiger partial charge on any atom is -0.292 e. The van der Waals surface area contributed by atoms with Gasteiger partial charge < -0.3 is 0 Å². The summed E-state index contributed by atoms with van der Waals surface area (Å²) in [5.41, 5.74) is 0. The lowest BCUT2D eigenvalue weighted by Gasteiger charge is -2.03. The van der Waals surface area contributed by atoms with Gasteiger partial charge in [0.15, 0.2) is 5.78 Å². The standard InChI is InChI=1S/C12H8BrClO2S2/c13-8-3-1-2-4-11(8)18(16)7-9(15)10-5-6-12(14)17-10/h1-6H,7H2. The van der Waals surface area contributed by atoms with Crippen molar-refractivity contribution < 1.29 is 9.00 Å². The maximum absolute atomic E-state index is 12.1. The second-order valence-corrected chi connectivity index (χ2v) is 7.44. The van der Waals surface area contributed by atoms with Crippen LogP contribution in [0.2, 0.25) is 4.34 Å². The van der Waals surface area contributed by atoms with E-state index in [1.54, 1.807) is 30.3 Å². The highest BCUT2D eigenvalue weighted by molar-refractivity contribution is 9.10. The molecule has 0 N–H and O–H groups in total. The highest BCUT2D eigenvalue weighted by Gasteiger charge is 2.15. The molecule has 0 aliphatic rings. The number of thiophene rings is 1. The lowest BCUT2D eigenvalue weighted by Crippen LogP contribution is -2.10. The number of halogens is 2. The van der Waals surface area contributed by atoms with Crippen molar-refractivity contribution in [2.75, 3.05) is 5.75 Å². The maximum Gasteiger partial charge on any atom is 0.185 e. The molecule has 18 heavy (non-hydrogen) atoms. The van der Waals surface area contributed by atoms with Gasteiger partial charge in [-0.25, -0.2) is 0 Å². The van der Waals surface area contributed by atoms with Gasteiger partial charge in [0.1, 0.15) is 0 Å². The zero-order chi connectivity index (χ0) is 13.1. The summed E-state index contributed by atoms with van der Waals surface area (Å²) in [5.74, 6) is -0.180. The molecule has 0 aliphatic carbocycles. The van der Waals surface area contributed by atoms with Crippen LogP contribution in [0.25, 0.3) is 0 Å². The zero-order valence-corrected chi connectivity index (χ0v) is 13.0. The first-order valence-corrected chi connectivity index (χ1v) is 8.30. The van der Waals surface area contributed by atoms with E-state index in [0.29, 0.717) is 14.1 Å². The van der Waals surface area contributed by atoms with E-state index >= 15 is 0 Å². The van der Waals surface area contributed by atoms with E-state index in [4.69, 9.17) is 11.6 Å². The Morgan fingerprint density at radius 3 is 2.61 bits per heavy atom. The molecule has 0 bridgehead atoms. The summed E-state index contributed by atoms with van der Waals surface area (Å²) in [6.07, 6.45) is 0. The van der Waals surface area contributed by atoms with E-state index in [9.17, 15) is 9.00 Å². The minimum atomic E-state index is -1.35. The predicted octanol–water partition coefficient (Wildman–Crippen LogP) is 4.15. The second kappa shape index (κ2) is 6.10. The van der Waals surface area contributed by atoms with E-state index < -0.39 is 10.8 Å². The molecular formula is C12H8BrClO2S2. The Labute approximate surface area is 125 Å². The monoisotopic (exact) mass is 362 g/mol. The second-order valence-electron chi connectivity index (χ2n) is 3.45. The quantitative estimate of drug-likeness (QED) is 0.765. The summed E-state index contributed by atoms with van der Waals surface area (Å²) in [7, 11) is -1.35. The fraction of sp³-hybridized carbons (Fsp3) is 0.0833. The first-order chi connectivity index (χ1) is 8.58. The highest BCUT2D eigenvalue weighted by Crippen LogP contribution is 2.24. The van der Waals surface area contributed by atoms with E-state index in [0.717, 1.165) is 4.47 Å². The molecule has 0 saturated heterocycles. The van der Waals surface area contributed by atoms with Crippen LogP contribution in [-0.4, -0.2) is 15.7 Å². The molecular weight excluding hydrogens is 356 g/mol. The smallest absolute Gasteiger partial charge is 0.185 e. The molecule has 0 fully saturated rings. The number of ketones is 1. The number of Topliss-reactive ketones (excluding diaryl/α,β-unsaturated/α-hetero) is 1. The molecule has 1 aromatic carbocycles. The van der Waals surface area contributed by atoms with Crippen molar-refractivity contribution in [2.45, 2.75) is 4.90 Å². The van der Waals surface area contributed by atoms with Gasteiger partial charge >= 0.3 is 0 Å². The van der Waals surface area contributed by atoms with Crippen molar-refractivity contribution in [1.82, 2.24) is 0 Å². The number of carbonyl (C=O) groups excluding carboxylic acids is 1. The fourth-order valence-electron chi connectivity index (χ4n) is 1.36. The van der Waals surface area contributed by atoms with Crippen LogP contribution in [0.1, 0.15) is 9.67 Å². The van der Waals surface area contributed by atoms with E-state index in [1.165, 1.54) is 11.3 Å². The summed E-state index contributed by atoms with van der Waals surface area (Å²) < 4.78 is 13.4. The average molecular weight is 364 g/mol. The third-order valence-electron chi connectivity index (χ3n) is 2.19. The molecule has 0 radical (unpaired) electrons. The number of benzene rings is 1. The molecule has 6 heteroatoms. The Kier molecular flexibility index (Phi) is 4.72. The Bertz CT molecular complexity index is 610. The molecule has 2 nitrogen and oxygen atoms in total. The molecule has 1 unspecified atom stereocenters. The van der Waals surface area contributed by atoms with Crippen LogP contribution in [0.15, 0.2) is 45.8 Å². The number of rotatable bonds is 4. The van der Waals surface area contributed by atoms with Gasteiger partial charge in [-0.1, -0.05) is 23.7 Å². The van der Waals surface area contributed by atoms with Crippen molar-refractivity contribution in [3.63, 3.8) is 0 Å². The largest absolute Gasteiger partial charge is 0.292 e. The summed E-state index contributed by atoms with van der Waals surface area (Å²) in [6.45, 7) is 0. The number of hydrogen-bond donors (Lipinski definition) is 0. The highest BCUT2D eigenvalue weighted by atomic mass is 79.9. The Balaban J connectivity index is 2.13. The summed E-state index contributed by atoms with van der Waals surface area (Å²) in [5, 5.41) is 0. The summed E-state index contributed by atoms with van der Waals surface area (Å²) in [4.78, 5) is 13.1. The van der Waals surface area contributed by atoms with Crippen molar-refractivity contribution >= 4 is 55.5 Å². The molecule has 94 valence electrons. The first kappa shape index (κ1) is 13.9. The molecule has 0 spiro atoms. The van der Waals surface area contributed by atoms with Gasteiger partial charge in [0.2, 0.25) is 0 Å². The van der Waals surface area contributed by atoms with Gasteiger partial charge in [0.05, 0.1) is 30.7 Å². The van der Waals surface area contributed by atoms with Crippen molar-refractivity contribution in [3.05, 3.63) is 50.1 Å². The van der Waals surface area contributed by atoms with Gasteiger partial charge in [0, 0.05) is 4.47 Å². The molecule has 0 saturated carbocycles. The van der Waals surface area contributed by atoms with Crippen LogP contribution in [0.4, 0.5) is 0 Å². The minimum absolute atomic E-state index is 0.0283. The first-order valence-electron chi connectivity index (χ1n) is 4.99. The van der Waals surface area contributed by atoms with Crippen molar-refractivity contribution in [2.24, 2.45) is 0 Å². The van der Waals surface area contributed by atoms with Crippen LogP contribution in [-0.2, 0) is 10.8 Å². The average Bonchev–Trinajstić information content (AvgIpc) is 2.76. The van der Waals surface area contributed by atoms with Gasteiger partial charge in [-0.2, -0.15) is 0 Å². The predicted molar refractivity (Wildman–Crippen MR) is 79.1 cm³/mol. The van der Waals surface area contributed by atoms with Crippen LogP contribution < -0.4 is 0 Å². The molecule has 0 aliphatic heterocycles. The molecule has 2 rings (SSSR count). The zero-order valence-electron chi connectivity index (χ0n) is 9.06. The maximum atomic E-state index is 12.1. The molecule has 1 atom stereocenters. The van der Waals surface area contributed by atoms with Gasteiger partial charge in [-0.3, -0.25) is 9.00 Å². The lowest BCUT2D eigenvalue weighted by molar-refractivity contribution is 0.102. The Hall–Kier alpha value is -0.490. The number of hydrogen-bond acceptors (Lipinski definition) is 3. The fourth-order valence-corrected chi connectivity index (χ4v) is 4.32. The Morgan fingerprint density at radius 1 is 1.28 bits per heavy atom. The van der Waals surface area contributed by atoms with E-state index in [2.05, 4.69) is 15.9 Å². The third-order valence-corrected chi connectivity index (χ3v) is 5.79. The van der Waals surface area contributed by atoms with Gasteiger partial charge in [-0.15, -0.1) is 11.3 Å². The van der Waals surface area contributed by atoms with Gasteiger partial charge in [0.25, 0.3) is 0 Å². The topological polar surface area (TPSA) is 34.1 Å². The van der Waals surface area contributed by atoms with Crippen molar-refractivity contribution in [1.29, 1.82) is 0 Å². The lowest BCUT2D eigenvalue weighted by atomic mass is 10.3. The summed E-state index contributed by atoms with van der Waals surface area (Å²) in [6, 6.07) is 10.5. The normalized spacial score (nSPS) is 12.3. The molecule has 0 amide bonds. The third kappa shape index (κ3) is 3.29. The molecule has 1 aromatic heterocycles. The molecule has 2 aromatic rings. The molecule has 1 heterocycles. The van der Waals surface area contributed by atoms with E-state index in [1.807, 2.05) is 6.07 Å². The van der Waals surface area contributed by atoms with Crippen LogP contribution in [0, 0.1) is 0 Å². The van der Waals surface area contributed by atoms with Gasteiger partial charge in [-0.05, 0) is 40.2 Å². The summed E-state index contributed by atoms with van der Waals surface area (Å²) >= 11 is 10.3. The van der Waals surface area contributed by atoms with Crippen LogP contribution >= 0.6 is 38.9 Å². The van der Waals surface area contributed by atoms with Crippen LogP contribution in [0.5, 0.6) is 0 Å². The number of carbonyl (C=O) groups is 1. The Morgan fingerprint density at radius 2 is 2.00 bits per heavy atom. The van der Waals surface area contributed by atoms with Crippen LogP contribution in [0.3, 0.4) is 0 Å². The van der Waals surface area contributed by atoms with Crippen molar-refractivity contribution in [3.8, 4) is 0 Å².